The number of halogens is 3. The fraction of sp³-hybridized carbons (Fsp3) is 0.750. The summed E-state index contributed by atoms with van der Waals surface area (Å²) in [7, 11) is 1.67. The standard InChI is InChI=1S/C12H17F3N2O2/c1-17-7-9(6-10(18)12(13,14)15)11(16-17)8-2-4-19-5-3-8/h7-8,10,18H,2-6H2,1H3. The Hall–Kier alpha value is -1.08. The summed E-state index contributed by atoms with van der Waals surface area (Å²) >= 11 is 0. The van der Waals surface area contributed by atoms with Crippen molar-refractivity contribution in [1.29, 1.82) is 0 Å². The van der Waals surface area contributed by atoms with Crippen LogP contribution in [0.2, 0.25) is 0 Å². The molecular weight excluding hydrogens is 261 g/mol. The molecule has 1 N–H and O–H groups in total. The molecule has 0 aliphatic carbocycles. The van der Waals surface area contributed by atoms with E-state index in [0.29, 0.717) is 24.5 Å². The number of hydrogen-bond donors (Lipinski definition) is 1. The molecule has 2 heterocycles. The number of aromatic nitrogens is 2. The van der Waals surface area contributed by atoms with Crippen molar-refractivity contribution < 1.29 is 23.0 Å². The summed E-state index contributed by atoms with van der Waals surface area (Å²) < 4.78 is 44.0. The number of nitrogens with zero attached hydrogens (tertiary/aromatic N) is 2. The predicted molar refractivity (Wildman–Crippen MR) is 61.8 cm³/mol. The molecule has 1 fully saturated rings. The van der Waals surface area contributed by atoms with Crippen LogP contribution in [0, 0.1) is 0 Å². The second-order valence-electron chi connectivity index (χ2n) is 4.86. The van der Waals surface area contributed by atoms with E-state index in [1.165, 1.54) is 4.68 Å². The zero-order valence-electron chi connectivity index (χ0n) is 10.7. The number of aliphatic hydroxyl groups is 1. The van der Waals surface area contributed by atoms with E-state index < -0.39 is 18.7 Å². The van der Waals surface area contributed by atoms with Crippen molar-refractivity contribution in [3.05, 3.63) is 17.5 Å². The van der Waals surface area contributed by atoms with E-state index in [0.717, 1.165) is 12.8 Å². The maximum absolute atomic E-state index is 12.4. The van der Waals surface area contributed by atoms with Crippen LogP contribution in [-0.4, -0.2) is 40.4 Å². The first-order valence-electron chi connectivity index (χ1n) is 6.23. The fourth-order valence-electron chi connectivity index (χ4n) is 2.35. The Kier molecular flexibility index (Phi) is 4.15. The van der Waals surface area contributed by atoms with Gasteiger partial charge >= 0.3 is 6.18 Å². The Labute approximate surface area is 109 Å². The van der Waals surface area contributed by atoms with Crippen molar-refractivity contribution in [1.82, 2.24) is 9.78 Å². The van der Waals surface area contributed by atoms with Gasteiger partial charge in [0.2, 0.25) is 0 Å². The number of ether oxygens (including phenoxy) is 1. The molecule has 0 aromatic carbocycles. The van der Waals surface area contributed by atoms with Gasteiger partial charge in [-0.1, -0.05) is 0 Å². The number of aliphatic hydroxyl groups excluding tert-OH is 1. The molecule has 1 aliphatic heterocycles. The van der Waals surface area contributed by atoms with Gasteiger partial charge in [-0.2, -0.15) is 18.3 Å². The van der Waals surface area contributed by atoms with E-state index >= 15 is 0 Å². The summed E-state index contributed by atoms with van der Waals surface area (Å²) in [5.74, 6) is 0.116. The largest absolute Gasteiger partial charge is 0.414 e. The van der Waals surface area contributed by atoms with Gasteiger partial charge in [0.1, 0.15) is 0 Å². The predicted octanol–water partition coefficient (Wildman–Crippen LogP) is 1.78. The van der Waals surface area contributed by atoms with Gasteiger partial charge in [0.25, 0.3) is 0 Å². The quantitative estimate of drug-likeness (QED) is 0.916. The first-order valence-corrected chi connectivity index (χ1v) is 6.23. The molecule has 0 spiro atoms. The van der Waals surface area contributed by atoms with Gasteiger partial charge < -0.3 is 9.84 Å². The van der Waals surface area contributed by atoms with Crippen molar-refractivity contribution in [2.24, 2.45) is 7.05 Å². The van der Waals surface area contributed by atoms with Gasteiger partial charge in [0, 0.05) is 38.8 Å². The lowest BCUT2D eigenvalue weighted by Crippen LogP contribution is -2.31. The molecule has 1 aliphatic rings. The van der Waals surface area contributed by atoms with Crippen LogP contribution in [0.5, 0.6) is 0 Å². The van der Waals surface area contributed by atoms with E-state index in [4.69, 9.17) is 4.74 Å². The first kappa shape index (κ1) is 14.3. The molecule has 1 unspecified atom stereocenters. The van der Waals surface area contributed by atoms with Gasteiger partial charge in [0.15, 0.2) is 6.10 Å². The number of aryl methyl sites for hydroxylation is 1. The Balaban J connectivity index is 2.16. The second-order valence-corrected chi connectivity index (χ2v) is 4.86. The van der Waals surface area contributed by atoms with Crippen LogP contribution < -0.4 is 0 Å². The lowest BCUT2D eigenvalue weighted by molar-refractivity contribution is -0.203. The highest BCUT2D eigenvalue weighted by Crippen LogP contribution is 2.30. The average molecular weight is 278 g/mol. The molecular formula is C12H17F3N2O2. The minimum absolute atomic E-state index is 0.116. The fourth-order valence-corrected chi connectivity index (χ4v) is 2.35. The molecule has 0 amide bonds. The molecule has 1 atom stereocenters. The number of rotatable bonds is 3. The van der Waals surface area contributed by atoms with E-state index in [1.54, 1.807) is 13.2 Å². The summed E-state index contributed by atoms with van der Waals surface area (Å²) in [5.41, 5.74) is 1.13. The lowest BCUT2D eigenvalue weighted by Gasteiger charge is -2.22. The molecule has 1 aromatic rings. The van der Waals surface area contributed by atoms with Crippen molar-refractivity contribution in [3.8, 4) is 0 Å². The van der Waals surface area contributed by atoms with E-state index in [1.807, 2.05) is 0 Å². The summed E-state index contributed by atoms with van der Waals surface area (Å²) in [6, 6.07) is 0. The topological polar surface area (TPSA) is 47.3 Å². The van der Waals surface area contributed by atoms with Crippen LogP contribution in [-0.2, 0) is 18.2 Å². The molecule has 0 saturated carbocycles. The van der Waals surface area contributed by atoms with Crippen molar-refractivity contribution in [2.75, 3.05) is 13.2 Å². The highest BCUT2D eigenvalue weighted by molar-refractivity contribution is 5.22. The highest BCUT2D eigenvalue weighted by Gasteiger charge is 2.39. The van der Waals surface area contributed by atoms with Crippen LogP contribution in [0.15, 0.2) is 6.20 Å². The molecule has 108 valence electrons. The summed E-state index contributed by atoms with van der Waals surface area (Å²) in [6.07, 6.45) is -4.31. The number of hydrogen-bond acceptors (Lipinski definition) is 3. The van der Waals surface area contributed by atoms with Gasteiger partial charge in [-0.05, 0) is 18.4 Å². The Bertz CT molecular complexity index is 425. The first-order chi connectivity index (χ1) is 8.88. The zero-order valence-corrected chi connectivity index (χ0v) is 10.7. The molecule has 1 saturated heterocycles. The average Bonchev–Trinajstić information content (AvgIpc) is 2.70. The normalized spacial score (nSPS) is 19.6. The summed E-state index contributed by atoms with van der Waals surface area (Å²) in [5, 5.41) is 13.4. The third kappa shape index (κ3) is 3.48. The van der Waals surface area contributed by atoms with Crippen LogP contribution >= 0.6 is 0 Å². The molecule has 19 heavy (non-hydrogen) atoms. The van der Waals surface area contributed by atoms with E-state index in [-0.39, 0.29) is 5.92 Å². The Morgan fingerprint density at radius 1 is 1.47 bits per heavy atom. The van der Waals surface area contributed by atoms with E-state index in [9.17, 15) is 18.3 Å². The van der Waals surface area contributed by atoms with Gasteiger partial charge in [-0.3, -0.25) is 4.68 Å². The van der Waals surface area contributed by atoms with Gasteiger partial charge in [-0.15, -0.1) is 0 Å². The Morgan fingerprint density at radius 3 is 2.68 bits per heavy atom. The van der Waals surface area contributed by atoms with E-state index in [2.05, 4.69) is 5.10 Å². The van der Waals surface area contributed by atoms with Crippen molar-refractivity contribution in [3.63, 3.8) is 0 Å². The zero-order chi connectivity index (χ0) is 14.0. The maximum Gasteiger partial charge on any atom is 0.414 e. The Morgan fingerprint density at radius 2 is 2.11 bits per heavy atom. The molecule has 0 bridgehead atoms. The minimum Gasteiger partial charge on any atom is -0.383 e. The summed E-state index contributed by atoms with van der Waals surface area (Å²) in [6.45, 7) is 1.20. The minimum atomic E-state index is -4.59. The second kappa shape index (κ2) is 5.50. The SMILES string of the molecule is Cn1cc(CC(O)C(F)(F)F)c(C2CCOCC2)n1. The smallest absolute Gasteiger partial charge is 0.383 e. The third-order valence-corrected chi connectivity index (χ3v) is 3.34. The van der Waals surface area contributed by atoms with Crippen molar-refractivity contribution in [2.45, 2.75) is 37.5 Å². The lowest BCUT2D eigenvalue weighted by atomic mass is 9.92. The van der Waals surface area contributed by atoms with Gasteiger partial charge in [0.05, 0.1) is 5.69 Å². The monoisotopic (exact) mass is 278 g/mol. The van der Waals surface area contributed by atoms with Crippen molar-refractivity contribution >= 4 is 0 Å². The molecule has 1 aromatic heterocycles. The molecule has 7 heteroatoms. The van der Waals surface area contributed by atoms with Gasteiger partial charge in [-0.25, -0.2) is 0 Å². The highest BCUT2D eigenvalue weighted by atomic mass is 19.4. The van der Waals surface area contributed by atoms with Crippen LogP contribution in [0.1, 0.15) is 30.0 Å². The summed E-state index contributed by atoms with van der Waals surface area (Å²) in [4.78, 5) is 0. The third-order valence-electron chi connectivity index (χ3n) is 3.34. The molecule has 0 radical (unpaired) electrons. The van der Waals surface area contributed by atoms with Crippen LogP contribution in [0.25, 0.3) is 0 Å². The van der Waals surface area contributed by atoms with Crippen LogP contribution in [0.3, 0.4) is 0 Å². The molecule has 2 rings (SSSR count). The number of alkyl halides is 3. The maximum atomic E-state index is 12.4. The molecule has 4 nitrogen and oxygen atoms in total. The van der Waals surface area contributed by atoms with Crippen LogP contribution in [0.4, 0.5) is 13.2 Å².